The zero-order valence-corrected chi connectivity index (χ0v) is 20.1. The number of benzene rings is 2. The Hall–Kier alpha value is -1.69. The summed E-state index contributed by atoms with van der Waals surface area (Å²) in [4.78, 5) is 0. The summed E-state index contributed by atoms with van der Waals surface area (Å²) in [5.74, 6) is 0. The number of aryl methyl sites for hydroxylation is 1. The molecule has 0 aromatic heterocycles. The Morgan fingerprint density at radius 2 is 1.90 bits per heavy atom. The standard InChI is InChI=1S/C23H26BClN2O3S/c1-15-6-7-17(20(25)10-15)14-28-31-27-9-8-16-11-19(12-18(13-26)21(16)27)24-29-22(2,3)23(4,5)30-24/h6-7,10-12H,8-9,14H2,1-5H3. The van der Waals surface area contributed by atoms with Crippen LogP contribution in [0.1, 0.15) is 49.9 Å². The molecular formula is C23H26BClN2O3S. The second-order valence-corrected chi connectivity index (χ2v) is 10.3. The molecule has 0 bridgehead atoms. The highest BCUT2D eigenvalue weighted by atomic mass is 35.5. The van der Waals surface area contributed by atoms with E-state index in [9.17, 15) is 5.26 Å². The topological polar surface area (TPSA) is 54.7 Å². The van der Waals surface area contributed by atoms with Crippen molar-refractivity contribution in [1.29, 1.82) is 5.26 Å². The van der Waals surface area contributed by atoms with Gasteiger partial charge >= 0.3 is 7.12 Å². The molecule has 0 N–H and O–H groups in total. The Morgan fingerprint density at radius 1 is 1.19 bits per heavy atom. The molecule has 0 saturated carbocycles. The van der Waals surface area contributed by atoms with Crippen molar-refractivity contribution in [3.63, 3.8) is 0 Å². The average Bonchev–Trinajstić information content (AvgIpc) is 3.20. The molecule has 0 amide bonds. The first-order valence-electron chi connectivity index (χ1n) is 10.4. The largest absolute Gasteiger partial charge is 0.494 e. The van der Waals surface area contributed by atoms with Crippen molar-refractivity contribution in [3.8, 4) is 6.07 Å². The van der Waals surface area contributed by atoms with E-state index >= 15 is 0 Å². The number of halogens is 1. The van der Waals surface area contributed by atoms with E-state index in [4.69, 9.17) is 25.1 Å². The second kappa shape index (κ2) is 8.34. The summed E-state index contributed by atoms with van der Waals surface area (Å²) in [5, 5.41) is 10.5. The summed E-state index contributed by atoms with van der Waals surface area (Å²) in [7, 11) is -0.482. The molecule has 2 heterocycles. The van der Waals surface area contributed by atoms with Gasteiger partial charge in [-0.05, 0) is 75.3 Å². The third kappa shape index (κ3) is 4.33. The Balaban J connectivity index is 1.50. The monoisotopic (exact) mass is 456 g/mol. The molecular weight excluding hydrogens is 431 g/mol. The maximum atomic E-state index is 9.83. The lowest BCUT2D eigenvalue weighted by Crippen LogP contribution is -2.41. The third-order valence-corrected chi connectivity index (χ3v) is 7.38. The number of fused-ring (bicyclic) bond motifs is 1. The van der Waals surface area contributed by atoms with Gasteiger partial charge in [0.2, 0.25) is 0 Å². The van der Waals surface area contributed by atoms with Crippen molar-refractivity contribution in [3.05, 3.63) is 57.6 Å². The molecule has 0 aliphatic carbocycles. The maximum Gasteiger partial charge on any atom is 0.494 e. The molecule has 0 radical (unpaired) electrons. The molecule has 1 saturated heterocycles. The van der Waals surface area contributed by atoms with E-state index in [-0.39, 0.29) is 0 Å². The molecule has 1 fully saturated rings. The number of nitrogens with zero attached hydrogens (tertiary/aromatic N) is 2. The summed E-state index contributed by atoms with van der Waals surface area (Å²) in [5.41, 5.74) is 4.71. The van der Waals surface area contributed by atoms with Crippen LogP contribution in [0.25, 0.3) is 0 Å². The minimum atomic E-state index is -0.482. The quantitative estimate of drug-likeness (QED) is 0.360. The highest BCUT2D eigenvalue weighted by molar-refractivity contribution is 7.96. The highest BCUT2D eigenvalue weighted by Crippen LogP contribution is 2.39. The Kier molecular flexibility index (Phi) is 6.06. The van der Waals surface area contributed by atoms with Gasteiger partial charge in [-0.3, -0.25) is 8.49 Å². The van der Waals surface area contributed by atoms with E-state index in [2.05, 4.69) is 12.1 Å². The molecule has 0 atom stereocenters. The molecule has 5 nitrogen and oxygen atoms in total. The summed E-state index contributed by atoms with van der Waals surface area (Å²) in [6.45, 7) is 11.3. The van der Waals surface area contributed by atoms with Crippen LogP contribution >= 0.6 is 23.8 Å². The average molecular weight is 457 g/mol. The molecule has 2 aromatic rings. The predicted molar refractivity (Wildman–Crippen MR) is 126 cm³/mol. The van der Waals surface area contributed by atoms with Gasteiger partial charge in [0.1, 0.15) is 18.3 Å². The summed E-state index contributed by atoms with van der Waals surface area (Å²) in [6, 6.07) is 12.2. The van der Waals surface area contributed by atoms with Crippen molar-refractivity contribution in [2.45, 2.75) is 58.8 Å². The van der Waals surface area contributed by atoms with Gasteiger partial charge < -0.3 is 9.31 Å². The van der Waals surface area contributed by atoms with Crippen molar-refractivity contribution in [2.24, 2.45) is 0 Å². The van der Waals surface area contributed by atoms with E-state index in [0.717, 1.165) is 40.8 Å². The van der Waals surface area contributed by atoms with Gasteiger partial charge in [0.05, 0.1) is 29.1 Å². The first-order valence-corrected chi connectivity index (χ1v) is 11.4. The van der Waals surface area contributed by atoms with Crippen molar-refractivity contribution in [2.75, 3.05) is 10.8 Å². The second-order valence-electron chi connectivity index (χ2n) is 9.06. The minimum absolute atomic E-state index is 0.392. The van der Waals surface area contributed by atoms with Gasteiger partial charge in [-0.2, -0.15) is 5.26 Å². The van der Waals surface area contributed by atoms with Crippen LogP contribution in [0.3, 0.4) is 0 Å². The lowest BCUT2D eigenvalue weighted by Gasteiger charge is -2.32. The summed E-state index contributed by atoms with van der Waals surface area (Å²) in [6.07, 6.45) is 0.832. The summed E-state index contributed by atoms with van der Waals surface area (Å²) >= 11 is 7.57. The van der Waals surface area contributed by atoms with Gasteiger partial charge in [0.15, 0.2) is 0 Å². The molecule has 2 aromatic carbocycles. The van der Waals surface area contributed by atoms with Crippen molar-refractivity contribution in [1.82, 2.24) is 0 Å². The Morgan fingerprint density at radius 3 is 2.55 bits per heavy atom. The lowest BCUT2D eigenvalue weighted by molar-refractivity contribution is 0.00578. The van der Waals surface area contributed by atoms with Crippen molar-refractivity contribution < 1.29 is 13.5 Å². The Bertz CT molecular complexity index is 1040. The number of anilines is 1. The fourth-order valence-corrected chi connectivity index (χ4v) is 4.79. The molecule has 8 heteroatoms. The molecule has 2 aliphatic rings. The molecule has 0 unspecified atom stereocenters. The summed E-state index contributed by atoms with van der Waals surface area (Å²) < 4.78 is 20.3. The SMILES string of the molecule is Cc1ccc(COSN2CCc3cc(B4OC(C)(C)C(C)(C)O4)cc(C#N)c32)c(Cl)c1. The van der Waals surface area contributed by atoms with Crippen LogP contribution in [0.5, 0.6) is 0 Å². The van der Waals surface area contributed by atoms with Gasteiger partial charge in [-0.25, -0.2) is 0 Å². The number of nitriles is 1. The van der Waals surface area contributed by atoms with E-state index in [0.29, 0.717) is 17.2 Å². The van der Waals surface area contributed by atoms with Gasteiger partial charge in [-0.15, -0.1) is 0 Å². The highest BCUT2D eigenvalue weighted by Gasteiger charge is 2.52. The molecule has 31 heavy (non-hydrogen) atoms. The third-order valence-electron chi connectivity index (χ3n) is 6.26. The molecule has 162 valence electrons. The van der Waals surface area contributed by atoms with Gasteiger partial charge in [0, 0.05) is 11.6 Å². The fraction of sp³-hybridized carbons (Fsp3) is 0.435. The van der Waals surface area contributed by atoms with Crippen LogP contribution in [-0.4, -0.2) is 24.9 Å². The van der Waals surface area contributed by atoms with Crippen LogP contribution < -0.4 is 9.77 Å². The van der Waals surface area contributed by atoms with Gasteiger partial charge in [-0.1, -0.05) is 29.8 Å². The van der Waals surface area contributed by atoms with Crippen LogP contribution in [0.4, 0.5) is 5.69 Å². The lowest BCUT2D eigenvalue weighted by atomic mass is 9.77. The predicted octanol–water partition coefficient (Wildman–Crippen LogP) is 4.96. The minimum Gasteiger partial charge on any atom is -0.399 e. The van der Waals surface area contributed by atoms with E-state index in [1.165, 1.54) is 12.2 Å². The zero-order valence-electron chi connectivity index (χ0n) is 18.5. The van der Waals surface area contributed by atoms with E-state index < -0.39 is 18.3 Å². The van der Waals surface area contributed by atoms with Crippen molar-refractivity contribution >= 4 is 42.1 Å². The molecule has 0 spiro atoms. The first-order chi connectivity index (χ1) is 14.6. The molecule has 4 rings (SSSR count). The van der Waals surface area contributed by atoms with E-state index in [1.807, 2.05) is 63.2 Å². The first kappa shape index (κ1) is 22.5. The van der Waals surface area contributed by atoms with E-state index in [1.54, 1.807) is 0 Å². The maximum absolute atomic E-state index is 9.83. The van der Waals surface area contributed by atoms with Crippen LogP contribution in [-0.2, 0) is 26.5 Å². The normalized spacial score (nSPS) is 18.9. The van der Waals surface area contributed by atoms with Crippen LogP contribution in [0.2, 0.25) is 5.02 Å². The Labute approximate surface area is 194 Å². The smallest absolute Gasteiger partial charge is 0.399 e. The fourth-order valence-electron chi connectivity index (χ4n) is 3.74. The number of hydrogen-bond acceptors (Lipinski definition) is 6. The van der Waals surface area contributed by atoms with Crippen LogP contribution in [0.15, 0.2) is 30.3 Å². The number of hydrogen-bond donors (Lipinski definition) is 0. The molecule has 2 aliphatic heterocycles. The van der Waals surface area contributed by atoms with Gasteiger partial charge in [0.25, 0.3) is 0 Å². The van der Waals surface area contributed by atoms with Crippen LogP contribution in [0, 0.1) is 18.3 Å². The zero-order chi connectivity index (χ0) is 22.4. The number of rotatable bonds is 5.